The van der Waals surface area contributed by atoms with E-state index in [4.69, 9.17) is 10.1 Å². The molecule has 0 saturated heterocycles. The Morgan fingerprint density at radius 1 is 1.57 bits per heavy atom. The van der Waals surface area contributed by atoms with Gasteiger partial charge in [0.15, 0.2) is 0 Å². The Hall–Kier alpha value is -1.12. The van der Waals surface area contributed by atoms with E-state index in [-0.39, 0.29) is 12.4 Å². The van der Waals surface area contributed by atoms with Crippen molar-refractivity contribution < 1.29 is 9.53 Å². The van der Waals surface area contributed by atoms with Gasteiger partial charge in [-0.05, 0) is 26.2 Å². The predicted molar refractivity (Wildman–Crippen MR) is 57.6 cm³/mol. The zero-order valence-electron chi connectivity index (χ0n) is 9.17. The largest absolute Gasteiger partial charge is 0.466 e. The second kappa shape index (κ2) is 7.30. The van der Waals surface area contributed by atoms with E-state index in [1.807, 2.05) is 26.0 Å². The van der Waals surface area contributed by atoms with Crippen molar-refractivity contribution in [1.82, 2.24) is 0 Å². The Morgan fingerprint density at radius 2 is 2.21 bits per heavy atom. The third-order valence-electron chi connectivity index (χ3n) is 1.75. The van der Waals surface area contributed by atoms with Gasteiger partial charge in [-0.25, -0.2) is 0 Å². The highest BCUT2D eigenvalue weighted by Crippen LogP contribution is 2.06. The number of carbonyl (C=O) groups excluding carboxylic acids is 1. The molecule has 1 N–H and O–H groups in total. The lowest BCUT2D eigenvalue weighted by molar-refractivity contribution is -0.141. The summed E-state index contributed by atoms with van der Waals surface area (Å²) in [6.45, 7) is 6.13. The smallest absolute Gasteiger partial charge is 0.311 e. The van der Waals surface area contributed by atoms with E-state index in [9.17, 15) is 4.79 Å². The molecular weight excluding hydrogens is 178 g/mol. The Kier molecular flexibility index (Phi) is 6.72. The van der Waals surface area contributed by atoms with Crippen molar-refractivity contribution in [2.45, 2.75) is 33.6 Å². The molecule has 0 radical (unpaired) electrons. The standard InChI is InChI=1S/C11H19NO2/c1-4-6-9(3)7-10(12)8-11(13)14-5-2/h4,6,9,12H,5,7-8H2,1-3H3. The van der Waals surface area contributed by atoms with E-state index in [1.165, 1.54) is 0 Å². The van der Waals surface area contributed by atoms with E-state index in [2.05, 4.69) is 0 Å². The minimum Gasteiger partial charge on any atom is -0.466 e. The summed E-state index contributed by atoms with van der Waals surface area (Å²) in [4.78, 5) is 11.0. The van der Waals surface area contributed by atoms with Crippen LogP contribution in [0.4, 0.5) is 0 Å². The summed E-state index contributed by atoms with van der Waals surface area (Å²) in [7, 11) is 0. The maximum atomic E-state index is 11.0. The van der Waals surface area contributed by atoms with Crippen molar-refractivity contribution in [2.75, 3.05) is 6.61 Å². The number of allylic oxidation sites excluding steroid dienone is 2. The minimum atomic E-state index is -0.301. The molecule has 0 spiro atoms. The van der Waals surface area contributed by atoms with Gasteiger partial charge in [0.05, 0.1) is 13.0 Å². The molecule has 0 saturated carbocycles. The van der Waals surface area contributed by atoms with E-state index in [0.717, 1.165) is 0 Å². The third kappa shape index (κ3) is 6.40. The van der Waals surface area contributed by atoms with Gasteiger partial charge in [-0.15, -0.1) is 0 Å². The summed E-state index contributed by atoms with van der Waals surface area (Å²) in [6, 6.07) is 0. The molecule has 1 unspecified atom stereocenters. The molecule has 0 aliphatic heterocycles. The normalized spacial score (nSPS) is 12.8. The summed E-state index contributed by atoms with van der Waals surface area (Å²) < 4.78 is 4.76. The number of nitrogens with one attached hydrogen (secondary N) is 1. The van der Waals surface area contributed by atoms with Crippen LogP contribution in [0.3, 0.4) is 0 Å². The Morgan fingerprint density at radius 3 is 2.71 bits per heavy atom. The zero-order chi connectivity index (χ0) is 11.0. The second-order valence-corrected chi connectivity index (χ2v) is 3.29. The molecule has 0 fully saturated rings. The molecule has 0 rings (SSSR count). The van der Waals surface area contributed by atoms with Crippen LogP contribution in [0.25, 0.3) is 0 Å². The number of carbonyl (C=O) groups is 1. The number of rotatable bonds is 6. The molecule has 0 aromatic carbocycles. The van der Waals surface area contributed by atoms with Crippen LogP contribution in [-0.2, 0) is 9.53 Å². The lowest BCUT2D eigenvalue weighted by Gasteiger charge is -2.07. The molecule has 0 aromatic rings. The van der Waals surface area contributed by atoms with Gasteiger partial charge in [-0.1, -0.05) is 19.1 Å². The number of hydrogen-bond donors (Lipinski definition) is 1. The molecule has 3 heteroatoms. The fraction of sp³-hybridized carbons (Fsp3) is 0.636. The molecule has 0 aromatic heterocycles. The van der Waals surface area contributed by atoms with Crippen LogP contribution in [0.5, 0.6) is 0 Å². The summed E-state index contributed by atoms with van der Waals surface area (Å²) in [5.41, 5.74) is 0.439. The van der Waals surface area contributed by atoms with E-state index in [0.29, 0.717) is 24.7 Å². The van der Waals surface area contributed by atoms with Crippen LogP contribution in [0.1, 0.15) is 33.6 Å². The zero-order valence-corrected chi connectivity index (χ0v) is 9.17. The molecular formula is C11H19NO2. The van der Waals surface area contributed by atoms with Gasteiger partial charge in [0.2, 0.25) is 0 Å². The lowest BCUT2D eigenvalue weighted by Crippen LogP contribution is -2.12. The van der Waals surface area contributed by atoms with Gasteiger partial charge in [0.25, 0.3) is 0 Å². The first-order valence-electron chi connectivity index (χ1n) is 4.94. The maximum Gasteiger partial charge on any atom is 0.311 e. The molecule has 0 aliphatic rings. The topological polar surface area (TPSA) is 50.2 Å². The monoisotopic (exact) mass is 197 g/mol. The van der Waals surface area contributed by atoms with Gasteiger partial charge in [0, 0.05) is 5.71 Å². The van der Waals surface area contributed by atoms with E-state index < -0.39 is 0 Å². The van der Waals surface area contributed by atoms with Crippen molar-refractivity contribution >= 4 is 11.7 Å². The average Bonchev–Trinajstić information content (AvgIpc) is 2.03. The van der Waals surface area contributed by atoms with Crippen molar-refractivity contribution in [3.8, 4) is 0 Å². The van der Waals surface area contributed by atoms with Crippen molar-refractivity contribution in [3.63, 3.8) is 0 Å². The molecule has 0 amide bonds. The van der Waals surface area contributed by atoms with Crippen LogP contribution in [-0.4, -0.2) is 18.3 Å². The predicted octanol–water partition coefficient (Wildman–Crippen LogP) is 2.56. The van der Waals surface area contributed by atoms with Crippen molar-refractivity contribution in [3.05, 3.63) is 12.2 Å². The van der Waals surface area contributed by atoms with E-state index in [1.54, 1.807) is 6.92 Å². The van der Waals surface area contributed by atoms with Crippen LogP contribution >= 0.6 is 0 Å². The fourth-order valence-electron chi connectivity index (χ4n) is 1.24. The van der Waals surface area contributed by atoms with Gasteiger partial charge >= 0.3 is 5.97 Å². The summed E-state index contributed by atoms with van der Waals surface area (Å²) in [5.74, 6) is 0.0205. The number of esters is 1. The number of ether oxygens (including phenoxy) is 1. The van der Waals surface area contributed by atoms with Crippen LogP contribution < -0.4 is 0 Å². The first kappa shape index (κ1) is 12.9. The molecule has 0 heterocycles. The summed E-state index contributed by atoms with van der Waals surface area (Å²) in [6.07, 6.45) is 4.74. The summed E-state index contributed by atoms with van der Waals surface area (Å²) >= 11 is 0. The first-order chi connectivity index (χ1) is 6.60. The van der Waals surface area contributed by atoms with Crippen LogP contribution in [0.15, 0.2) is 12.2 Å². The van der Waals surface area contributed by atoms with E-state index >= 15 is 0 Å². The Labute approximate surface area is 85.7 Å². The summed E-state index contributed by atoms with van der Waals surface area (Å²) in [5, 5.41) is 7.57. The second-order valence-electron chi connectivity index (χ2n) is 3.29. The molecule has 0 bridgehead atoms. The van der Waals surface area contributed by atoms with Gasteiger partial charge < -0.3 is 10.1 Å². The van der Waals surface area contributed by atoms with Crippen LogP contribution in [0.2, 0.25) is 0 Å². The SMILES string of the molecule is CC=CC(C)CC(=N)CC(=O)OCC. The van der Waals surface area contributed by atoms with Gasteiger partial charge in [-0.2, -0.15) is 0 Å². The fourth-order valence-corrected chi connectivity index (χ4v) is 1.24. The highest BCUT2D eigenvalue weighted by atomic mass is 16.5. The average molecular weight is 197 g/mol. The molecule has 0 aliphatic carbocycles. The molecule has 3 nitrogen and oxygen atoms in total. The molecule has 1 atom stereocenters. The molecule has 80 valence electrons. The molecule has 14 heavy (non-hydrogen) atoms. The van der Waals surface area contributed by atoms with Crippen molar-refractivity contribution in [1.29, 1.82) is 5.41 Å². The van der Waals surface area contributed by atoms with Crippen molar-refractivity contribution in [2.24, 2.45) is 5.92 Å². The van der Waals surface area contributed by atoms with Crippen LogP contribution in [0, 0.1) is 11.3 Å². The third-order valence-corrected chi connectivity index (χ3v) is 1.75. The number of hydrogen-bond acceptors (Lipinski definition) is 3. The maximum absolute atomic E-state index is 11.0. The Balaban J connectivity index is 3.80. The lowest BCUT2D eigenvalue weighted by atomic mass is 10.0. The van der Waals surface area contributed by atoms with Gasteiger partial charge in [-0.3, -0.25) is 4.79 Å². The van der Waals surface area contributed by atoms with Gasteiger partial charge in [0.1, 0.15) is 0 Å². The minimum absolute atomic E-state index is 0.121. The highest BCUT2D eigenvalue weighted by molar-refractivity contribution is 5.97. The Bertz CT molecular complexity index is 221. The first-order valence-corrected chi connectivity index (χ1v) is 4.94. The highest BCUT2D eigenvalue weighted by Gasteiger charge is 2.08. The quantitative estimate of drug-likeness (QED) is 0.404.